The van der Waals surface area contributed by atoms with Crippen LogP contribution in [0.5, 0.6) is 0 Å². The maximum absolute atomic E-state index is 13.0. The van der Waals surface area contributed by atoms with E-state index in [1.54, 1.807) is 11.1 Å². The Bertz CT molecular complexity index is 702. The Kier molecular flexibility index (Phi) is 5.34. The summed E-state index contributed by atoms with van der Waals surface area (Å²) in [6.45, 7) is 1.98. The number of Topliss-reactive ketones (excluding diaryl/α,β-unsaturated/α-hetero) is 1. The van der Waals surface area contributed by atoms with Crippen molar-refractivity contribution in [2.24, 2.45) is 0 Å². The molecule has 0 aromatic carbocycles. The monoisotopic (exact) mass is 361 g/mol. The highest BCUT2D eigenvalue weighted by Gasteiger charge is 2.37. The minimum Gasteiger partial charge on any atom is -0.348 e. The van der Waals surface area contributed by atoms with Crippen molar-refractivity contribution in [3.05, 3.63) is 18.2 Å². The molecule has 140 valence electrons. The van der Waals surface area contributed by atoms with E-state index in [0.29, 0.717) is 31.5 Å². The first-order valence-electron chi connectivity index (χ1n) is 8.83. The van der Waals surface area contributed by atoms with Crippen LogP contribution >= 0.6 is 0 Å². The van der Waals surface area contributed by atoms with Gasteiger partial charge in [-0.1, -0.05) is 0 Å². The van der Waals surface area contributed by atoms with Crippen LogP contribution in [0, 0.1) is 0 Å². The highest BCUT2D eigenvalue weighted by Crippen LogP contribution is 2.20. The fourth-order valence-electron chi connectivity index (χ4n) is 3.55. The molecule has 1 aromatic heterocycles. The van der Waals surface area contributed by atoms with Crippen LogP contribution in [0.1, 0.15) is 38.3 Å². The third kappa shape index (κ3) is 3.92. The number of ketones is 1. The van der Waals surface area contributed by atoms with Crippen LogP contribution in [-0.2, 0) is 25.6 Å². The zero-order valence-corrected chi connectivity index (χ0v) is 14.7. The average molecular weight is 361 g/mol. The van der Waals surface area contributed by atoms with Crippen LogP contribution in [0.3, 0.4) is 0 Å². The lowest BCUT2D eigenvalue weighted by atomic mass is 10.1. The topological polar surface area (TPSA) is 124 Å². The number of aromatic amines is 1. The molecule has 0 radical (unpaired) electrons. The van der Waals surface area contributed by atoms with Gasteiger partial charge >= 0.3 is 0 Å². The van der Waals surface area contributed by atoms with Gasteiger partial charge in [-0.05, 0) is 26.2 Å². The van der Waals surface area contributed by atoms with E-state index in [9.17, 15) is 19.2 Å². The second kappa shape index (κ2) is 7.67. The second-order valence-electron chi connectivity index (χ2n) is 6.80. The molecule has 2 aliphatic heterocycles. The van der Waals surface area contributed by atoms with Gasteiger partial charge in [-0.2, -0.15) is 0 Å². The number of rotatable bonds is 6. The van der Waals surface area contributed by atoms with Gasteiger partial charge in [0.05, 0.1) is 12.4 Å². The molecule has 26 heavy (non-hydrogen) atoms. The zero-order chi connectivity index (χ0) is 18.7. The fraction of sp³-hybridized carbons (Fsp3) is 0.588. The molecule has 0 saturated carbocycles. The van der Waals surface area contributed by atoms with Crippen molar-refractivity contribution in [2.75, 3.05) is 6.54 Å². The molecule has 1 aromatic rings. The highest BCUT2D eigenvalue weighted by molar-refractivity contribution is 5.95. The first-order chi connectivity index (χ1) is 12.5. The van der Waals surface area contributed by atoms with Crippen LogP contribution in [0.2, 0.25) is 0 Å². The lowest BCUT2D eigenvalue weighted by Gasteiger charge is -2.28. The fourth-order valence-corrected chi connectivity index (χ4v) is 3.55. The molecule has 3 N–H and O–H groups in total. The molecule has 2 fully saturated rings. The number of likely N-dealkylation sites (tertiary alicyclic amines) is 1. The van der Waals surface area contributed by atoms with Crippen LogP contribution in [-0.4, -0.2) is 63.0 Å². The van der Waals surface area contributed by atoms with Gasteiger partial charge in [-0.15, -0.1) is 0 Å². The number of H-pyrrole nitrogens is 1. The van der Waals surface area contributed by atoms with Crippen LogP contribution < -0.4 is 10.6 Å². The summed E-state index contributed by atoms with van der Waals surface area (Å²) in [5.41, 5.74) is 0.706. The molecule has 0 spiro atoms. The zero-order valence-electron chi connectivity index (χ0n) is 14.7. The molecule has 3 atom stereocenters. The van der Waals surface area contributed by atoms with E-state index in [4.69, 9.17) is 0 Å². The molecular formula is C17H23N5O4. The molecule has 2 aliphatic rings. The molecule has 9 heteroatoms. The standard InChI is InChI=1S/C17H23N5O4/c1-10(23)14-3-2-6-22(14)17(26)13(7-11-8-18-9-19-11)21-16(25)12-4-5-15(24)20-12/h8-9,12-14H,2-7H2,1H3,(H,18,19)(H,20,24)(H,21,25)/t12?,13-,14-/m0/s1. The number of hydrogen-bond donors (Lipinski definition) is 3. The van der Waals surface area contributed by atoms with Crippen LogP contribution in [0.4, 0.5) is 0 Å². The second-order valence-corrected chi connectivity index (χ2v) is 6.80. The molecule has 9 nitrogen and oxygen atoms in total. The van der Waals surface area contributed by atoms with E-state index < -0.39 is 18.1 Å². The lowest BCUT2D eigenvalue weighted by molar-refractivity contribution is -0.140. The quantitative estimate of drug-likeness (QED) is 0.618. The molecular weight excluding hydrogens is 338 g/mol. The largest absolute Gasteiger partial charge is 0.348 e. The highest BCUT2D eigenvalue weighted by atomic mass is 16.2. The van der Waals surface area contributed by atoms with E-state index in [0.717, 1.165) is 6.42 Å². The third-order valence-electron chi connectivity index (χ3n) is 4.91. The summed E-state index contributed by atoms with van der Waals surface area (Å²) in [5, 5.41) is 5.35. The number of aromatic nitrogens is 2. The number of hydrogen-bond acceptors (Lipinski definition) is 5. The van der Waals surface area contributed by atoms with E-state index in [-0.39, 0.29) is 29.9 Å². The number of nitrogens with one attached hydrogen (secondary N) is 3. The predicted octanol–water partition coefficient (Wildman–Crippen LogP) is -0.704. The van der Waals surface area contributed by atoms with Gasteiger partial charge in [0.2, 0.25) is 17.7 Å². The number of carbonyl (C=O) groups is 4. The average Bonchev–Trinajstić information content (AvgIpc) is 3.34. The van der Waals surface area contributed by atoms with Gasteiger partial charge in [0.1, 0.15) is 12.1 Å². The Morgan fingerprint density at radius 3 is 2.81 bits per heavy atom. The van der Waals surface area contributed by atoms with E-state index in [1.807, 2.05) is 0 Å². The summed E-state index contributed by atoms with van der Waals surface area (Å²) in [4.78, 5) is 57.1. The number of carbonyl (C=O) groups excluding carboxylic acids is 4. The summed E-state index contributed by atoms with van der Waals surface area (Å²) in [6.07, 6.45) is 5.46. The van der Waals surface area contributed by atoms with E-state index >= 15 is 0 Å². The smallest absolute Gasteiger partial charge is 0.246 e. The van der Waals surface area contributed by atoms with Crippen LogP contribution in [0.25, 0.3) is 0 Å². The van der Waals surface area contributed by atoms with Crippen LogP contribution in [0.15, 0.2) is 12.5 Å². The maximum atomic E-state index is 13.0. The van der Waals surface area contributed by atoms with Crippen molar-refractivity contribution < 1.29 is 19.2 Å². The molecule has 2 saturated heterocycles. The minimum atomic E-state index is -0.819. The van der Waals surface area contributed by atoms with E-state index in [2.05, 4.69) is 20.6 Å². The minimum absolute atomic E-state index is 0.0504. The molecule has 3 rings (SSSR count). The maximum Gasteiger partial charge on any atom is 0.246 e. The van der Waals surface area contributed by atoms with E-state index in [1.165, 1.54) is 13.3 Å². The SMILES string of the molecule is CC(=O)[C@@H]1CCCN1C(=O)[C@H](Cc1cnc[nH]1)NC(=O)C1CCC(=O)N1. The van der Waals surface area contributed by atoms with Gasteiger partial charge in [0, 0.05) is 31.3 Å². The summed E-state index contributed by atoms with van der Waals surface area (Å²) >= 11 is 0. The Hall–Kier alpha value is -2.71. The Morgan fingerprint density at radius 1 is 1.38 bits per heavy atom. The Morgan fingerprint density at radius 2 is 2.19 bits per heavy atom. The van der Waals surface area contributed by atoms with Gasteiger partial charge < -0.3 is 20.5 Å². The van der Waals surface area contributed by atoms with Gasteiger partial charge in [0.25, 0.3) is 0 Å². The molecule has 0 bridgehead atoms. The van der Waals surface area contributed by atoms with Crippen molar-refractivity contribution in [2.45, 2.75) is 57.2 Å². The van der Waals surface area contributed by atoms with Crippen molar-refractivity contribution >= 4 is 23.5 Å². The van der Waals surface area contributed by atoms with Crippen molar-refractivity contribution in [1.82, 2.24) is 25.5 Å². The summed E-state index contributed by atoms with van der Waals surface area (Å²) in [6, 6.07) is -1.88. The van der Waals surface area contributed by atoms with Crippen molar-refractivity contribution in [1.29, 1.82) is 0 Å². The lowest BCUT2D eigenvalue weighted by Crippen LogP contribution is -2.55. The number of nitrogens with zero attached hydrogens (tertiary/aromatic N) is 2. The number of amides is 3. The first kappa shape index (κ1) is 18.1. The van der Waals surface area contributed by atoms with Crippen molar-refractivity contribution in [3.63, 3.8) is 0 Å². The molecule has 3 heterocycles. The first-order valence-corrected chi connectivity index (χ1v) is 8.83. The normalized spacial score (nSPS) is 23.6. The summed E-state index contributed by atoms with van der Waals surface area (Å²) in [7, 11) is 0. The Balaban J connectivity index is 1.74. The number of imidazole rings is 1. The third-order valence-corrected chi connectivity index (χ3v) is 4.91. The molecule has 0 aliphatic carbocycles. The summed E-state index contributed by atoms with van der Waals surface area (Å²) < 4.78 is 0. The van der Waals surface area contributed by atoms with Gasteiger partial charge in [-0.3, -0.25) is 19.2 Å². The predicted molar refractivity (Wildman–Crippen MR) is 90.8 cm³/mol. The summed E-state index contributed by atoms with van der Waals surface area (Å²) in [5.74, 6) is -0.884. The van der Waals surface area contributed by atoms with Crippen molar-refractivity contribution in [3.8, 4) is 0 Å². The Labute approximate surface area is 150 Å². The molecule has 1 unspecified atom stereocenters. The van der Waals surface area contributed by atoms with Gasteiger partial charge in [-0.25, -0.2) is 4.98 Å². The molecule has 3 amide bonds. The van der Waals surface area contributed by atoms with Gasteiger partial charge in [0.15, 0.2) is 5.78 Å².